The SMILES string of the molecule is O=C(/C=C(\c1cc(Cl)c(F)c(Cl)c1)C(F)(F)F)c1ccc(C2(F)CN(C(=O)O)C2)cc1. The van der Waals surface area contributed by atoms with Gasteiger partial charge in [-0.05, 0) is 29.3 Å². The second-order valence-corrected chi connectivity index (χ2v) is 7.67. The number of allylic oxidation sites excluding steroid dienone is 2. The Labute approximate surface area is 182 Å². The van der Waals surface area contributed by atoms with Crippen LogP contribution in [0.4, 0.5) is 26.7 Å². The van der Waals surface area contributed by atoms with Crippen LogP contribution >= 0.6 is 23.2 Å². The fraction of sp³-hybridized carbons (Fsp3) is 0.200. The molecule has 164 valence electrons. The molecule has 1 N–H and O–H groups in total. The maximum Gasteiger partial charge on any atom is 0.417 e. The molecule has 1 saturated heterocycles. The number of carboxylic acid groups (broad SMARTS) is 1. The molecule has 0 saturated carbocycles. The van der Waals surface area contributed by atoms with Gasteiger partial charge in [-0.25, -0.2) is 13.6 Å². The number of benzene rings is 2. The lowest BCUT2D eigenvalue weighted by molar-refractivity contribution is -0.0689. The monoisotopic (exact) mass is 479 g/mol. The smallest absolute Gasteiger partial charge is 0.417 e. The fourth-order valence-electron chi connectivity index (χ4n) is 3.06. The highest BCUT2D eigenvalue weighted by Gasteiger charge is 2.47. The highest BCUT2D eigenvalue weighted by Crippen LogP contribution is 2.38. The van der Waals surface area contributed by atoms with Gasteiger partial charge in [-0.15, -0.1) is 0 Å². The van der Waals surface area contributed by atoms with E-state index in [9.17, 15) is 31.5 Å². The lowest BCUT2D eigenvalue weighted by atomic mass is 9.87. The Hall–Kier alpha value is -2.65. The molecule has 1 aliphatic heterocycles. The molecule has 4 nitrogen and oxygen atoms in total. The first-order chi connectivity index (χ1) is 14.3. The zero-order valence-corrected chi connectivity index (χ0v) is 16.8. The van der Waals surface area contributed by atoms with Gasteiger partial charge in [0.25, 0.3) is 0 Å². The number of ketones is 1. The molecule has 1 aliphatic rings. The number of halogens is 7. The van der Waals surface area contributed by atoms with Gasteiger partial charge in [-0.3, -0.25) is 4.79 Å². The molecule has 0 spiro atoms. The van der Waals surface area contributed by atoms with Gasteiger partial charge in [0.2, 0.25) is 0 Å². The molecule has 2 aromatic carbocycles. The zero-order valence-electron chi connectivity index (χ0n) is 15.3. The Bertz CT molecular complexity index is 1050. The predicted octanol–water partition coefficient (Wildman–Crippen LogP) is 6.12. The number of carbonyl (C=O) groups is 2. The summed E-state index contributed by atoms with van der Waals surface area (Å²) in [6.07, 6.45) is -5.93. The van der Waals surface area contributed by atoms with E-state index in [1.54, 1.807) is 0 Å². The molecule has 31 heavy (non-hydrogen) atoms. The minimum absolute atomic E-state index is 0.0960. The molecular formula is C20H12Cl2F5NO3. The summed E-state index contributed by atoms with van der Waals surface area (Å²) in [6.45, 7) is -0.778. The summed E-state index contributed by atoms with van der Waals surface area (Å²) < 4.78 is 68.8. The van der Waals surface area contributed by atoms with Crippen LogP contribution in [0.1, 0.15) is 21.5 Å². The van der Waals surface area contributed by atoms with E-state index in [1.807, 2.05) is 0 Å². The van der Waals surface area contributed by atoms with E-state index in [0.717, 1.165) is 17.0 Å². The van der Waals surface area contributed by atoms with E-state index >= 15 is 0 Å². The van der Waals surface area contributed by atoms with Crippen molar-refractivity contribution in [1.82, 2.24) is 4.90 Å². The molecular weight excluding hydrogens is 468 g/mol. The van der Waals surface area contributed by atoms with Crippen molar-refractivity contribution in [3.8, 4) is 0 Å². The standard InChI is InChI=1S/C20H12Cl2F5NO3/c21-14-5-11(6-15(22)17(14)23)13(20(25,26)27)7-16(29)10-1-3-12(4-2-10)19(24)8-28(9-19)18(30)31/h1-7H,8-9H2,(H,30,31)/b13-7+. The average Bonchev–Trinajstić information content (AvgIpc) is 2.66. The van der Waals surface area contributed by atoms with Crippen LogP contribution in [0.5, 0.6) is 0 Å². The number of nitrogens with zero attached hydrogens (tertiary/aromatic N) is 1. The summed E-state index contributed by atoms with van der Waals surface area (Å²) in [6, 6.07) is 6.10. The van der Waals surface area contributed by atoms with Gasteiger partial charge in [0.15, 0.2) is 17.3 Å². The van der Waals surface area contributed by atoms with Crippen LogP contribution in [-0.2, 0) is 5.67 Å². The number of likely N-dealkylation sites (tertiary alicyclic amines) is 1. The van der Waals surface area contributed by atoms with E-state index in [4.69, 9.17) is 28.3 Å². The molecule has 0 bridgehead atoms. The van der Waals surface area contributed by atoms with Crippen molar-refractivity contribution in [3.05, 3.63) is 75.0 Å². The molecule has 2 aromatic rings. The molecule has 0 aliphatic carbocycles. The van der Waals surface area contributed by atoms with Crippen LogP contribution in [0, 0.1) is 5.82 Å². The highest BCUT2D eigenvalue weighted by atomic mass is 35.5. The molecule has 1 amide bonds. The first-order valence-corrected chi connectivity index (χ1v) is 9.33. The molecule has 3 rings (SSSR count). The highest BCUT2D eigenvalue weighted by molar-refractivity contribution is 6.35. The van der Waals surface area contributed by atoms with E-state index in [2.05, 4.69) is 0 Å². The summed E-state index contributed by atoms with van der Waals surface area (Å²) >= 11 is 11.1. The van der Waals surface area contributed by atoms with Crippen LogP contribution in [0.25, 0.3) is 5.57 Å². The summed E-state index contributed by atoms with van der Waals surface area (Å²) in [7, 11) is 0. The van der Waals surface area contributed by atoms with E-state index in [0.29, 0.717) is 18.2 Å². The molecule has 0 unspecified atom stereocenters. The third kappa shape index (κ3) is 4.67. The number of amides is 1. The van der Waals surface area contributed by atoms with Crippen molar-refractivity contribution in [2.45, 2.75) is 11.8 Å². The van der Waals surface area contributed by atoms with E-state index in [1.165, 1.54) is 12.1 Å². The average molecular weight is 480 g/mol. The zero-order chi connectivity index (χ0) is 23.1. The van der Waals surface area contributed by atoms with Crippen LogP contribution < -0.4 is 0 Å². The largest absolute Gasteiger partial charge is 0.465 e. The maximum atomic E-state index is 14.7. The lowest BCUT2D eigenvalue weighted by Gasteiger charge is -2.42. The summed E-state index contributed by atoms with van der Waals surface area (Å²) in [5.74, 6) is -2.13. The first kappa shape index (κ1) is 23.0. The van der Waals surface area contributed by atoms with E-state index in [-0.39, 0.29) is 24.2 Å². The fourth-order valence-corrected chi connectivity index (χ4v) is 3.55. The Morgan fingerprint density at radius 1 is 1.03 bits per heavy atom. The first-order valence-electron chi connectivity index (χ1n) is 8.57. The van der Waals surface area contributed by atoms with Crippen molar-refractivity contribution in [2.75, 3.05) is 13.1 Å². The number of rotatable bonds is 4. The van der Waals surface area contributed by atoms with Gasteiger partial charge in [-0.2, -0.15) is 13.2 Å². The normalized spacial score (nSPS) is 16.1. The Morgan fingerprint density at radius 2 is 1.55 bits per heavy atom. The van der Waals surface area contributed by atoms with Crippen molar-refractivity contribution >= 4 is 40.7 Å². The van der Waals surface area contributed by atoms with Gasteiger partial charge in [0, 0.05) is 5.56 Å². The minimum Gasteiger partial charge on any atom is -0.465 e. The predicted molar refractivity (Wildman–Crippen MR) is 104 cm³/mol. The second kappa shape index (κ2) is 8.12. The summed E-state index contributed by atoms with van der Waals surface area (Å²) in [5, 5.41) is 7.52. The van der Waals surface area contributed by atoms with Crippen LogP contribution in [-0.4, -0.2) is 41.1 Å². The lowest BCUT2D eigenvalue weighted by Crippen LogP contribution is -2.58. The van der Waals surface area contributed by atoms with Crippen LogP contribution in [0.2, 0.25) is 10.0 Å². The van der Waals surface area contributed by atoms with E-state index < -0.39 is 50.7 Å². The number of hydrogen-bond donors (Lipinski definition) is 1. The maximum absolute atomic E-state index is 14.7. The molecule has 0 aromatic heterocycles. The van der Waals surface area contributed by atoms with Crippen molar-refractivity contribution in [2.24, 2.45) is 0 Å². The van der Waals surface area contributed by atoms with Gasteiger partial charge in [-0.1, -0.05) is 47.5 Å². The van der Waals surface area contributed by atoms with Gasteiger partial charge in [0.1, 0.15) is 0 Å². The third-order valence-electron chi connectivity index (χ3n) is 4.72. The van der Waals surface area contributed by atoms with Crippen LogP contribution in [0.15, 0.2) is 42.5 Å². The van der Waals surface area contributed by atoms with Gasteiger partial charge >= 0.3 is 12.3 Å². The van der Waals surface area contributed by atoms with Crippen molar-refractivity contribution < 1.29 is 36.6 Å². The topological polar surface area (TPSA) is 57.6 Å². The van der Waals surface area contributed by atoms with Crippen molar-refractivity contribution in [3.63, 3.8) is 0 Å². The summed E-state index contributed by atoms with van der Waals surface area (Å²) in [4.78, 5) is 24.0. The Balaban J connectivity index is 1.89. The van der Waals surface area contributed by atoms with Crippen LogP contribution in [0.3, 0.4) is 0 Å². The van der Waals surface area contributed by atoms with Gasteiger partial charge in [0.05, 0.1) is 28.7 Å². The number of carbonyl (C=O) groups excluding carboxylic acids is 1. The van der Waals surface area contributed by atoms with Crippen molar-refractivity contribution in [1.29, 1.82) is 0 Å². The molecule has 11 heteroatoms. The summed E-state index contributed by atoms with van der Waals surface area (Å²) in [5.41, 5.74) is -3.99. The molecule has 1 fully saturated rings. The second-order valence-electron chi connectivity index (χ2n) is 6.86. The number of alkyl halides is 4. The quantitative estimate of drug-likeness (QED) is 0.248. The molecule has 0 atom stereocenters. The number of hydrogen-bond acceptors (Lipinski definition) is 2. The van der Waals surface area contributed by atoms with Gasteiger partial charge < -0.3 is 10.0 Å². The minimum atomic E-state index is -4.98. The third-order valence-corrected chi connectivity index (χ3v) is 5.27. The Morgan fingerprint density at radius 3 is 2.00 bits per heavy atom. The molecule has 1 heterocycles. The Kier molecular flexibility index (Phi) is 6.03. The molecule has 0 radical (unpaired) electrons.